The molecule has 0 unspecified atom stereocenters. The van der Waals surface area contributed by atoms with Gasteiger partial charge in [0, 0.05) is 16.8 Å². The highest BCUT2D eigenvalue weighted by molar-refractivity contribution is 7.98. The van der Waals surface area contributed by atoms with Crippen LogP contribution < -0.4 is 4.90 Å². The monoisotopic (exact) mass is 519 g/mol. The molecule has 0 radical (unpaired) electrons. The number of esters is 1. The first kappa shape index (κ1) is 26.7. The number of allylic oxidation sites excluding steroid dienone is 2. The van der Waals surface area contributed by atoms with Crippen LogP contribution in [0.3, 0.4) is 0 Å². The molecule has 2 fully saturated rings. The van der Waals surface area contributed by atoms with Crippen LogP contribution in [0.5, 0.6) is 0 Å². The smallest absolute Gasteiger partial charge is 0.350 e. The van der Waals surface area contributed by atoms with Gasteiger partial charge in [0.1, 0.15) is 4.88 Å². The molecule has 0 bridgehead atoms. The van der Waals surface area contributed by atoms with Crippen molar-refractivity contribution in [1.29, 1.82) is 0 Å². The number of thioether (sulfide) groups is 1. The molecule has 0 atom stereocenters. The molecule has 0 aliphatic heterocycles. The molecular formula is C28H41NO4S2. The number of hydrogen-bond acceptors (Lipinski definition) is 6. The van der Waals surface area contributed by atoms with Gasteiger partial charge in [-0.2, -0.15) is 0 Å². The summed E-state index contributed by atoms with van der Waals surface area (Å²) in [5, 5.41) is 0. The summed E-state index contributed by atoms with van der Waals surface area (Å²) in [6, 6.07) is 2.22. The largest absolute Gasteiger partial charge is 0.465 e. The Morgan fingerprint density at radius 2 is 1.83 bits per heavy atom. The van der Waals surface area contributed by atoms with Gasteiger partial charge in [0.15, 0.2) is 0 Å². The second-order valence-electron chi connectivity index (χ2n) is 10.5. The van der Waals surface area contributed by atoms with E-state index in [1.807, 2.05) is 4.90 Å². The minimum absolute atomic E-state index is 0.0411. The number of thiophene rings is 1. The molecule has 1 heterocycles. The lowest BCUT2D eigenvalue weighted by Crippen LogP contribution is -2.47. The van der Waals surface area contributed by atoms with E-state index < -0.39 is 0 Å². The van der Waals surface area contributed by atoms with Gasteiger partial charge in [0.05, 0.1) is 24.8 Å². The number of amides is 1. The maximum atomic E-state index is 14.1. The van der Waals surface area contributed by atoms with Crippen molar-refractivity contribution in [2.75, 3.05) is 24.2 Å². The van der Waals surface area contributed by atoms with Gasteiger partial charge in [0.25, 0.3) is 0 Å². The van der Waals surface area contributed by atoms with Crippen molar-refractivity contribution >= 4 is 46.2 Å². The predicted molar refractivity (Wildman–Crippen MR) is 146 cm³/mol. The number of rotatable bonds is 8. The van der Waals surface area contributed by atoms with Crippen molar-refractivity contribution in [3.8, 4) is 0 Å². The Labute approximate surface area is 219 Å². The summed E-state index contributed by atoms with van der Waals surface area (Å²) in [4.78, 5) is 30.8. The molecule has 0 spiro atoms. The molecule has 5 nitrogen and oxygen atoms in total. The standard InChI is InChI=1S/C28H41NO4S2/c1-19-9-11-21(12-10-19)27(30)29(22-13-15-23(16-14-22)33-18-34-3)24-17-25(20-7-5-4-6-8-20)35-26(24)28(31)32-2/h7,17,19,21-23H,4-6,8-16,18H2,1-3H3/t19-,21-,22-,23-. The van der Waals surface area contributed by atoms with Crippen molar-refractivity contribution in [3.63, 3.8) is 0 Å². The number of methoxy groups -OCH3 is 1. The van der Waals surface area contributed by atoms with Crippen molar-refractivity contribution in [2.45, 2.75) is 96.1 Å². The topological polar surface area (TPSA) is 55.8 Å². The van der Waals surface area contributed by atoms with Crippen LogP contribution in [0.15, 0.2) is 12.1 Å². The molecule has 1 aromatic rings. The van der Waals surface area contributed by atoms with E-state index in [1.54, 1.807) is 11.8 Å². The third kappa shape index (κ3) is 6.53. The lowest BCUT2D eigenvalue weighted by molar-refractivity contribution is -0.124. The van der Waals surface area contributed by atoms with Crippen molar-refractivity contribution in [2.24, 2.45) is 11.8 Å². The first-order valence-electron chi connectivity index (χ1n) is 13.4. The Kier molecular flexibility index (Phi) is 9.76. The Morgan fingerprint density at radius 3 is 2.46 bits per heavy atom. The van der Waals surface area contributed by atoms with E-state index in [2.05, 4.69) is 25.3 Å². The van der Waals surface area contributed by atoms with Crippen molar-refractivity contribution < 1.29 is 19.1 Å². The average Bonchev–Trinajstić information content (AvgIpc) is 3.33. The van der Waals surface area contributed by atoms with E-state index in [0.29, 0.717) is 16.7 Å². The predicted octanol–water partition coefficient (Wildman–Crippen LogP) is 7.30. The summed E-state index contributed by atoms with van der Waals surface area (Å²) in [6.45, 7) is 2.28. The van der Waals surface area contributed by atoms with E-state index in [0.717, 1.165) is 74.8 Å². The fourth-order valence-corrected chi connectivity index (χ4v) is 7.32. The van der Waals surface area contributed by atoms with Crippen LogP contribution in [0.25, 0.3) is 5.57 Å². The molecular weight excluding hydrogens is 478 g/mol. The summed E-state index contributed by atoms with van der Waals surface area (Å²) in [6.07, 6.45) is 16.9. The molecule has 194 valence electrons. The number of carbonyl (C=O) groups is 2. The SMILES string of the molecule is COC(=O)c1sc(C2=CCCCC2)cc1N(C(=O)[C@H]1CC[C@H](C)CC1)[C@H]1CC[C@H](OCSC)CC1. The van der Waals surface area contributed by atoms with Crippen LogP contribution in [-0.2, 0) is 14.3 Å². The zero-order valence-electron chi connectivity index (χ0n) is 21.6. The van der Waals surface area contributed by atoms with Gasteiger partial charge in [-0.1, -0.05) is 13.0 Å². The highest BCUT2D eigenvalue weighted by atomic mass is 32.2. The molecule has 35 heavy (non-hydrogen) atoms. The number of anilines is 1. The molecule has 0 saturated heterocycles. The van der Waals surface area contributed by atoms with E-state index in [9.17, 15) is 9.59 Å². The molecule has 0 aromatic carbocycles. The Bertz CT molecular complexity index is 895. The Hall–Kier alpha value is -1.31. The lowest BCUT2D eigenvalue weighted by atomic mass is 9.81. The van der Waals surface area contributed by atoms with Crippen molar-refractivity contribution in [3.05, 3.63) is 21.9 Å². The number of ether oxygens (including phenoxy) is 2. The van der Waals surface area contributed by atoms with E-state index >= 15 is 0 Å². The maximum absolute atomic E-state index is 14.1. The third-order valence-electron chi connectivity index (χ3n) is 7.98. The van der Waals surface area contributed by atoms with Gasteiger partial charge in [-0.25, -0.2) is 4.79 Å². The fourth-order valence-electron chi connectivity index (χ4n) is 5.85. The Balaban J connectivity index is 1.66. The zero-order valence-corrected chi connectivity index (χ0v) is 23.2. The van der Waals surface area contributed by atoms with Gasteiger partial charge in [-0.15, -0.1) is 23.1 Å². The molecule has 4 rings (SSSR count). The molecule has 3 aliphatic rings. The number of carbonyl (C=O) groups excluding carboxylic acids is 2. The van der Waals surface area contributed by atoms with E-state index in [4.69, 9.17) is 9.47 Å². The quantitative estimate of drug-likeness (QED) is 0.266. The molecule has 1 amide bonds. The van der Waals surface area contributed by atoms with Gasteiger partial charge in [-0.05, 0) is 101 Å². The highest BCUT2D eigenvalue weighted by Gasteiger charge is 2.38. The second kappa shape index (κ2) is 12.8. The molecule has 0 N–H and O–H groups in total. The zero-order chi connectivity index (χ0) is 24.8. The van der Waals surface area contributed by atoms with E-state index in [-0.39, 0.29) is 29.9 Å². The van der Waals surface area contributed by atoms with E-state index in [1.165, 1.54) is 36.9 Å². The molecule has 7 heteroatoms. The lowest BCUT2D eigenvalue weighted by Gasteiger charge is -2.39. The first-order valence-corrected chi connectivity index (χ1v) is 15.6. The van der Waals surface area contributed by atoms with Crippen LogP contribution in [-0.4, -0.2) is 43.3 Å². The Morgan fingerprint density at radius 1 is 1.09 bits per heavy atom. The minimum atomic E-state index is -0.334. The van der Waals surface area contributed by atoms with Gasteiger partial charge >= 0.3 is 5.97 Å². The number of nitrogens with zero attached hydrogens (tertiary/aromatic N) is 1. The summed E-state index contributed by atoms with van der Waals surface area (Å²) in [7, 11) is 1.44. The summed E-state index contributed by atoms with van der Waals surface area (Å²) >= 11 is 3.21. The number of hydrogen-bond donors (Lipinski definition) is 0. The van der Waals surface area contributed by atoms with Crippen LogP contribution in [0.1, 0.15) is 98.5 Å². The van der Waals surface area contributed by atoms with Crippen LogP contribution in [0.2, 0.25) is 0 Å². The molecule has 2 saturated carbocycles. The minimum Gasteiger partial charge on any atom is -0.465 e. The third-order valence-corrected chi connectivity index (χ3v) is 9.53. The van der Waals surface area contributed by atoms with Gasteiger partial charge in [-0.3, -0.25) is 4.79 Å². The summed E-state index contributed by atoms with van der Waals surface area (Å²) in [5.41, 5.74) is 2.09. The van der Waals surface area contributed by atoms with Crippen molar-refractivity contribution in [1.82, 2.24) is 0 Å². The molecule has 1 aromatic heterocycles. The van der Waals surface area contributed by atoms with Crippen LogP contribution in [0.4, 0.5) is 5.69 Å². The molecule has 3 aliphatic carbocycles. The first-order chi connectivity index (χ1) is 17.0. The average molecular weight is 520 g/mol. The normalized spacial score (nSPS) is 27.2. The van der Waals surface area contributed by atoms with Crippen LogP contribution in [0, 0.1) is 11.8 Å². The second-order valence-corrected chi connectivity index (χ2v) is 12.3. The van der Waals surface area contributed by atoms with Crippen LogP contribution >= 0.6 is 23.1 Å². The van der Waals surface area contributed by atoms with Gasteiger partial charge in [0.2, 0.25) is 5.91 Å². The highest BCUT2D eigenvalue weighted by Crippen LogP contribution is 2.42. The van der Waals surface area contributed by atoms with Gasteiger partial charge < -0.3 is 14.4 Å². The summed E-state index contributed by atoms with van der Waals surface area (Å²) in [5.74, 6) is 1.32. The maximum Gasteiger partial charge on any atom is 0.350 e. The fraction of sp³-hybridized carbons (Fsp3) is 0.714. The summed E-state index contributed by atoms with van der Waals surface area (Å²) < 4.78 is 11.2.